The van der Waals surface area contributed by atoms with E-state index in [-0.39, 0.29) is 6.54 Å². The van der Waals surface area contributed by atoms with Crippen LogP contribution in [0.25, 0.3) is 0 Å². The van der Waals surface area contributed by atoms with E-state index in [1.807, 2.05) is 24.3 Å². The summed E-state index contributed by atoms with van der Waals surface area (Å²) in [7, 11) is 0. The van der Waals surface area contributed by atoms with Crippen molar-refractivity contribution in [3.05, 3.63) is 69.6 Å². The Balaban J connectivity index is 1.93. The molecule has 0 saturated heterocycles. The van der Waals surface area contributed by atoms with Gasteiger partial charge in [0.25, 0.3) is 5.56 Å². The first-order valence-corrected chi connectivity index (χ1v) is 9.07. The summed E-state index contributed by atoms with van der Waals surface area (Å²) in [4.78, 5) is 26.0. The van der Waals surface area contributed by atoms with Crippen LogP contribution in [0.1, 0.15) is 30.5 Å². The van der Waals surface area contributed by atoms with Gasteiger partial charge in [-0.3, -0.25) is 14.5 Å². The van der Waals surface area contributed by atoms with Gasteiger partial charge in [-0.15, -0.1) is 0 Å². The van der Waals surface area contributed by atoms with Crippen LogP contribution >= 0.6 is 0 Å². The van der Waals surface area contributed by atoms with Gasteiger partial charge in [0.1, 0.15) is 6.54 Å². The van der Waals surface area contributed by atoms with E-state index in [2.05, 4.69) is 24.1 Å². The van der Waals surface area contributed by atoms with Gasteiger partial charge in [-0.2, -0.15) is 13.2 Å². The molecule has 0 bridgehead atoms. The Hall–Kier alpha value is -2.61. The van der Waals surface area contributed by atoms with E-state index in [0.29, 0.717) is 12.3 Å². The van der Waals surface area contributed by atoms with E-state index in [1.165, 1.54) is 0 Å². The van der Waals surface area contributed by atoms with E-state index >= 15 is 0 Å². The number of carbonyl (C=O) groups excluding carboxylic acids is 1. The molecule has 2 aromatic rings. The second-order valence-electron chi connectivity index (χ2n) is 6.44. The highest BCUT2D eigenvalue weighted by Gasteiger charge is 2.31. The minimum atomic E-state index is -4.57. The van der Waals surface area contributed by atoms with E-state index in [9.17, 15) is 22.8 Å². The van der Waals surface area contributed by atoms with Gasteiger partial charge in [-0.05, 0) is 30.3 Å². The number of hydrogen-bond donors (Lipinski definition) is 1. The molecule has 0 atom stereocenters. The summed E-state index contributed by atoms with van der Waals surface area (Å²) in [5.74, 6) is -0.534. The number of hydrogen-bond acceptors (Lipinski definition) is 3. The smallest absolute Gasteiger partial charge is 0.350 e. The number of halogens is 3. The summed E-state index contributed by atoms with van der Waals surface area (Å²) >= 11 is 0. The molecular formula is C20H24F3N3O2. The van der Waals surface area contributed by atoms with Crippen molar-refractivity contribution in [1.29, 1.82) is 0 Å². The van der Waals surface area contributed by atoms with Gasteiger partial charge in [0.2, 0.25) is 5.91 Å². The molecule has 152 valence electrons. The molecule has 1 aromatic heterocycles. The number of alkyl halides is 3. The fourth-order valence-electron chi connectivity index (χ4n) is 2.70. The van der Waals surface area contributed by atoms with Crippen LogP contribution in [-0.4, -0.2) is 28.5 Å². The molecule has 8 heteroatoms. The van der Waals surface area contributed by atoms with Crippen molar-refractivity contribution in [3.8, 4) is 0 Å². The summed E-state index contributed by atoms with van der Waals surface area (Å²) < 4.78 is 39.0. The highest BCUT2D eigenvalue weighted by atomic mass is 19.4. The number of carbonyl (C=O) groups is 1. The van der Waals surface area contributed by atoms with Crippen molar-refractivity contribution >= 4 is 5.91 Å². The number of amides is 1. The molecule has 1 heterocycles. The van der Waals surface area contributed by atoms with Gasteiger partial charge in [-0.1, -0.05) is 38.1 Å². The lowest BCUT2D eigenvalue weighted by atomic mass is 10.1. The Kier molecular flexibility index (Phi) is 7.39. The normalized spacial score (nSPS) is 11.6. The zero-order valence-corrected chi connectivity index (χ0v) is 15.9. The van der Waals surface area contributed by atoms with Gasteiger partial charge < -0.3 is 9.88 Å². The summed E-state index contributed by atoms with van der Waals surface area (Å²) in [5.41, 5.74) is 0.398. The molecule has 0 radical (unpaired) electrons. The van der Waals surface area contributed by atoms with Crippen LogP contribution in [0, 0.1) is 0 Å². The van der Waals surface area contributed by atoms with Crippen molar-refractivity contribution in [2.24, 2.45) is 0 Å². The predicted molar refractivity (Wildman–Crippen MR) is 101 cm³/mol. The average Bonchev–Trinajstić information content (AvgIpc) is 2.66. The molecule has 0 saturated carbocycles. The minimum absolute atomic E-state index is 0.234. The third-order valence-electron chi connectivity index (χ3n) is 4.44. The second kappa shape index (κ2) is 9.54. The molecular weight excluding hydrogens is 371 g/mol. The zero-order valence-electron chi connectivity index (χ0n) is 15.9. The van der Waals surface area contributed by atoms with Gasteiger partial charge in [0.15, 0.2) is 0 Å². The lowest BCUT2D eigenvalue weighted by Gasteiger charge is -2.18. The number of nitrogens with one attached hydrogen (secondary N) is 1. The van der Waals surface area contributed by atoms with E-state index in [1.54, 1.807) is 0 Å². The van der Waals surface area contributed by atoms with Gasteiger partial charge in [-0.25, -0.2) is 0 Å². The lowest BCUT2D eigenvalue weighted by molar-refractivity contribution is -0.138. The first-order valence-electron chi connectivity index (χ1n) is 9.07. The van der Waals surface area contributed by atoms with Crippen molar-refractivity contribution < 1.29 is 18.0 Å². The number of aromatic nitrogens is 1. The second-order valence-corrected chi connectivity index (χ2v) is 6.44. The van der Waals surface area contributed by atoms with E-state index in [0.717, 1.165) is 41.4 Å². The predicted octanol–water partition coefficient (Wildman–Crippen LogP) is 3.03. The molecule has 0 unspecified atom stereocenters. The molecule has 0 aliphatic heterocycles. The number of rotatable bonds is 8. The van der Waals surface area contributed by atoms with Crippen molar-refractivity contribution in [1.82, 2.24) is 14.8 Å². The van der Waals surface area contributed by atoms with Crippen LogP contribution < -0.4 is 10.9 Å². The fourth-order valence-corrected chi connectivity index (χ4v) is 2.70. The summed E-state index contributed by atoms with van der Waals surface area (Å²) in [6.45, 7) is 6.73. The van der Waals surface area contributed by atoms with E-state index < -0.39 is 29.8 Å². The Bertz CT molecular complexity index is 841. The van der Waals surface area contributed by atoms with Crippen LogP contribution in [0.5, 0.6) is 0 Å². The van der Waals surface area contributed by atoms with Crippen LogP contribution in [0.2, 0.25) is 0 Å². The van der Waals surface area contributed by atoms with Crippen molar-refractivity contribution in [2.75, 3.05) is 13.1 Å². The third kappa shape index (κ3) is 6.23. The van der Waals surface area contributed by atoms with Crippen LogP contribution in [0.15, 0.2) is 47.4 Å². The molecule has 0 aliphatic rings. The molecule has 5 nitrogen and oxygen atoms in total. The first-order chi connectivity index (χ1) is 13.2. The Morgan fingerprint density at radius 1 is 1.04 bits per heavy atom. The summed E-state index contributed by atoms with van der Waals surface area (Å²) in [6, 6.07) is 9.28. The molecule has 1 N–H and O–H groups in total. The molecule has 0 aliphatic carbocycles. The largest absolute Gasteiger partial charge is 0.417 e. The number of pyridine rings is 1. The molecule has 1 amide bonds. The van der Waals surface area contributed by atoms with Gasteiger partial charge in [0.05, 0.1) is 5.56 Å². The Labute approximate surface area is 161 Å². The quantitative estimate of drug-likeness (QED) is 0.748. The maximum Gasteiger partial charge on any atom is 0.417 e. The highest BCUT2D eigenvalue weighted by Crippen LogP contribution is 2.27. The third-order valence-corrected chi connectivity index (χ3v) is 4.44. The Morgan fingerprint density at radius 2 is 1.64 bits per heavy atom. The standard InChI is InChI=1S/C20H24F3N3O2/c1-3-25(4-2)12-16-7-5-15(6-8-16)11-24-18(27)14-26-13-17(20(21,22)23)9-10-19(26)28/h5-10,13H,3-4,11-12,14H2,1-2H3,(H,24,27). The van der Waals surface area contributed by atoms with E-state index in [4.69, 9.17) is 0 Å². The minimum Gasteiger partial charge on any atom is -0.350 e. The molecule has 1 aromatic carbocycles. The number of nitrogens with zero attached hydrogens (tertiary/aromatic N) is 2. The highest BCUT2D eigenvalue weighted by molar-refractivity contribution is 5.75. The molecule has 2 rings (SSSR count). The molecule has 28 heavy (non-hydrogen) atoms. The summed E-state index contributed by atoms with van der Waals surface area (Å²) in [6.07, 6.45) is -3.91. The van der Waals surface area contributed by atoms with Crippen LogP contribution in [-0.2, 0) is 30.6 Å². The molecule has 0 spiro atoms. The van der Waals surface area contributed by atoms with Gasteiger partial charge >= 0.3 is 6.18 Å². The fraction of sp³-hybridized carbons (Fsp3) is 0.400. The lowest BCUT2D eigenvalue weighted by Crippen LogP contribution is -2.32. The maximum absolute atomic E-state index is 12.7. The topological polar surface area (TPSA) is 54.3 Å². The van der Waals surface area contributed by atoms with Crippen molar-refractivity contribution in [3.63, 3.8) is 0 Å². The molecule has 0 fully saturated rings. The monoisotopic (exact) mass is 395 g/mol. The Morgan fingerprint density at radius 3 is 2.21 bits per heavy atom. The average molecular weight is 395 g/mol. The summed E-state index contributed by atoms with van der Waals surface area (Å²) in [5, 5.41) is 2.63. The van der Waals surface area contributed by atoms with Crippen molar-refractivity contribution in [2.45, 2.75) is 39.7 Å². The van der Waals surface area contributed by atoms with Crippen LogP contribution in [0.4, 0.5) is 13.2 Å². The first kappa shape index (κ1) is 21.7. The van der Waals surface area contributed by atoms with Gasteiger partial charge in [0, 0.05) is 25.4 Å². The number of benzene rings is 1. The van der Waals surface area contributed by atoms with Crippen LogP contribution in [0.3, 0.4) is 0 Å². The zero-order chi connectivity index (χ0) is 20.7. The maximum atomic E-state index is 12.7. The SMILES string of the molecule is CCN(CC)Cc1ccc(CNC(=O)Cn2cc(C(F)(F)F)ccc2=O)cc1.